The Bertz CT molecular complexity index is 594. The number of phenols is 1. The van der Waals surface area contributed by atoms with E-state index in [1.54, 1.807) is 20.8 Å². The van der Waals surface area contributed by atoms with Crippen LogP contribution in [0.15, 0.2) is 0 Å². The molecule has 0 amide bonds. The molecular formula is C14H18O6. The van der Waals surface area contributed by atoms with Crippen molar-refractivity contribution >= 4 is 5.97 Å². The molecule has 1 aliphatic heterocycles. The van der Waals surface area contributed by atoms with Crippen LogP contribution in [-0.2, 0) is 4.79 Å². The third-order valence-corrected chi connectivity index (χ3v) is 4.16. The van der Waals surface area contributed by atoms with E-state index in [0.29, 0.717) is 16.7 Å². The van der Waals surface area contributed by atoms with Crippen LogP contribution in [0.25, 0.3) is 0 Å². The first kappa shape index (κ1) is 14.6. The highest BCUT2D eigenvalue weighted by Crippen LogP contribution is 2.47. The van der Waals surface area contributed by atoms with Crippen molar-refractivity contribution in [2.24, 2.45) is 0 Å². The summed E-state index contributed by atoms with van der Waals surface area (Å²) in [5.41, 5.74) is -0.231. The Morgan fingerprint density at radius 3 is 2.20 bits per heavy atom. The van der Waals surface area contributed by atoms with E-state index in [1.807, 2.05) is 0 Å². The molecule has 0 aromatic heterocycles. The number of carboxylic acids is 1. The summed E-state index contributed by atoms with van der Waals surface area (Å²) in [5, 5.41) is 39.6. The van der Waals surface area contributed by atoms with Crippen LogP contribution in [0.2, 0.25) is 0 Å². The molecule has 3 atom stereocenters. The van der Waals surface area contributed by atoms with Crippen LogP contribution in [-0.4, -0.2) is 38.1 Å². The topological polar surface area (TPSA) is 107 Å². The van der Waals surface area contributed by atoms with E-state index < -0.39 is 23.8 Å². The summed E-state index contributed by atoms with van der Waals surface area (Å²) >= 11 is 0. The Labute approximate surface area is 116 Å². The number of aromatic hydroxyl groups is 1. The van der Waals surface area contributed by atoms with Gasteiger partial charge in [-0.25, -0.2) is 4.79 Å². The van der Waals surface area contributed by atoms with Gasteiger partial charge in [0.25, 0.3) is 0 Å². The van der Waals surface area contributed by atoms with Gasteiger partial charge in [0.15, 0.2) is 0 Å². The number of carboxylic acid groups (broad SMARTS) is 1. The van der Waals surface area contributed by atoms with E-state index in [2.05, 4.69) is 0 Å². The second kappa shape index (κ2) is 4.36. The van der Waals surface area contributed by atoms with Gasteiger partial charge in [-0.1, -0.05) is 0 Å². The van der Waals surface area contributed by atoms with Gasteiger partial charge in [0, 0.05) is 11.1 Å². The highest BCUT2D eigenvalue weighted by atomic mass is 16.5. The molecule has 0 saturated carbocycles. The van der Waals surface area contributed by atoms with Gasteiger partial charge in [-0.05, 0) is 38.8 Å². The SMILES string of the molecule is Cc1c(C)c2c(c(C)c1O)[C@H](O)[C@H](O)[C@](C)(C(=O)O)O2. The van der Waals surface area contributed by atoms with Crippen molar-refractivity contribution in [2.75, 3.05) is 0 Å². The van der Waals surface area contributed by atoms with E-state index in [0.717, 1.165) is 0 Å². The average Bonchev–Trinajstić information content (AvgIpc) is 2.39. The Balaban J connectivity index is 2.76. The van der Waals surface area contributed by atoms with Crippen molar-refractivity contribution in [2.45, 2.75) is 45.5 Å². The Morgan fingerprint density at radius 2 is 1.70 bits per heavy atom. The number of aliphatic hydroxyl groups excluding tert-OH is 2. The zero-order chi connectivity index (χ0) is 15.4. The first-order valence-corrected chi connectivity index (χ1v) is 6.24. The molecule has 1 aromatic rings. The highest BCUT2D eigenvalue weighted by molar-refractivity contribution is 5.80. The third-order valence-electron chi connectivity index (χ3n) is 4.16. The van der Waals surface area contributed by atoms with Crippen LogP contribution in [0.1, 0.15) is 35.3 Å². The zero-order valence-electron chi connectivity index (χ0n) is 11.8. The normalized spacial score (nSPS) is 28.7. The summed E-state index contributed by atoms with van der Waals surface area (Å²) in [5.74, 6) is -1.15. The molecule has 110 valence electrons. The van der Waals surface area contributed by atoms with Crippen molar-refractivity contribution < 1.29 is 30.0 Å². The predicted octanol–water partition coefficient (Wildman–Crippen LogP) is 0.947. The maximum atomic E-state index is 11.3. The fourth-order valence-corrected chi connectivity index (χ4v) is 2.52. The molecule has 2 rings (SSSR count). The number of ether oxygens (including phenoxy) is 1. The third kappa shape index (κ3) is 1.68. The van der Waals surface area contributed by atoms with Crippen LogP contribution in [0.3, 0.4) is 0 Å². The van der Waals surface area contributed by atoms with E-state index in [4.69, 9.17) is 4.74 Å². The Morgan fingerprint density at radius 1 is 1.15 bits per heavy atom. The van der Waals surface area contributed by atoms with Crippen LogP contribution < -0.4 is 4.74 Å². The maximum absolute atomic E-state index is 11.3. The van der Waals surface area contributed by atoms with Gasteiger partial charge in [-0.15, -0.1) is 0 Å². The van der Waals surface area contributed by atoms with Gasteiger partial charge in [0.2, 0.25) is 5.60 Å². The van der Waals surface area contributed by atoms with Crippen molar-refractivity contribution in [3.05, 3.63) is 22.3 Å². The highest BCUT2D eigenvalue weighted by Gasteiger charge is 2.52. The fourth-order valence-electron chi connectivity index (χ4n) is 2.52. The lowest BCUT2D eigenvalue weighted by Gasteiger charge is -2.41. The number of rotatable bonds is 1. The van der Waals surface area contributed by atoms with E-state index in [1.165, 1.54) is 6.92 Å². The molecule has 6 heteroatoms. The standard InChI is InChI=1S/C14H18O6/c1-5-6(2)11-8(7(3)9(5)15)10(16)12(17)14(4,20-11)13(18)19/h10,12,15-17H,1-4H3,(H,18,19)/t10-,12-,14+/m0/s1. The lowest BCUT2D eigenvalue weighted by Crippen LogP contribution is -2.57. The van der Waals surface area contributed by atoms with Crippen LogP contribution in [0, 0.1) is 20.8 Å². The van der Waals surface area contributed by atoms with Crippen molar-refractivity contribution in [1.29, 1.82) is 0 Å². The Kier molecular flexibility index (Phi) is 3.19. The minimum Gasteiger partial charge on any atom is -0.507 e. The largest absolute Gasteiger partial charge is 0.507 e. The maximum Gasteiger partial charge on any atom is 0.350 e. The van der Waals surface area contributed by atoms with Crippen LogP contribution >= 0.6 is 0 Å². The molecule has 6 nitrogen and oxygen atoms in total. The molecule has 0 radical (unpaired) electrons. The second-order valence-electron chi connectivity index (χ2n) is 5.37. The van der Waals surface area contributed by atoms with Crippen molar-refractivity contribution in [3.8, 4) is 11.5 Å². The smallest absolute Gasteiger partial charge is 0.350 e. The molecule has 0 spiro atoms. The molecule has 1 aliphatic rings. The molecule has 4 N–H and O–H groups in total. The van der Waals surface area contributed by atoms with E-state index >= 15 is 0 Å². The molecule has 1 heterocycles. The molecule has 1 aromatic carbocycles. The molecule has 0 fully saturated rings. The molecule has 0 saturated heterocycles. The average molecular weight is 282 g/mol. The zero-order valence-corrected chi connectivity index (χ0v) is 11.8. The quantitative estimate of drug-likeness (QED) is 0.611. The number of aliphatic hydroxyl groups is 2. The van der Waals surface area contributed by atoms with E-state index in [9.17, 15) is 25.2 Å². The summed E-state index contributed by atoms with van der Waals surface area (Å²) in [6.07, 6.45) is -3.07. The summed E-state index contributed by atoms with van der Waals surface area (Å²) < 4.78 is 5.49. The predicted molar refractivity (Wildman–Crippen MR) is 70.0 cm³/mol. The van der Waals surface area contributed by atoms with Crippen molar-refractivity contribution in [3.63, 3.8) is 0 Å². The molecule has 20 heavy (non-hydrogen) atoms. The monoisotopic (exact) mass is 282 g/mol. The minimum absolute atomic E-state index is 0.00929. The first-order chi connectivity index (χ1) is 9.12. The van der Waals surface area contributed by atoms with Gasteiger partial charge >= 0.3 is 5.97 Å². The minimum atomic E-state index is -1.94. The molecule has 0 unspecified atom stereocenters. The van der Waals surface area contributed by atoms with Gasteiger partial charge in [0.1, 0.15) is 23.7 Å². The molecular weight excluding hydrogens is 264 g/mol. The number of phenolic OH excluding ortho intramolecular Hbond substituents is 1. The van der Waals surface area contributed by atoms with Gasteiger partial charge < -0.3 is 25.2 Å². The summed E-state index contributed by atoms with van der Waals surface area (Å²) in [6, 6.07) is 0. The van der Waals surface area contributed by atoms with Gasteiger partial charge in [-0.2, -0.15) is 0 Å². The molecule has 0 bridgehead atoms. The van der Waals surface area contributed by atoms with E-state index in [-0.39, 0.29) is 17.1 Å². The number of aliphatic carboxylic acids is 1. The first-order valence-electron chi connectivity index (χ1n) is 6.24. The number of benzene rings is 1. The number of hydrogen-bond donors (Lipinski definition) is 4. The Hall–Kier alpha value is -1.79. The van der Waals surface area contributed by atoms with Crippen LogP contribution in [0.5, 0.6) is 11.5 Å². The van der Waals surface area contributed by atoms with Gasteiger partial charge in [-0.3, -0.25) is 0 Å². The number of carbonyl (C=O) groups is 1. The summed E-state index contributed by atoms with van der Waals surface area (Å²) in [7, 11) is 0. The molecule has 0 aliphatic carbocycles. The van der Waals surface area contributed by atoms with Crippen molar-refractivity contribution in [1.82, 2.24) is 0 Å². The summed E-state index contributed by atoms with van der Waals surface area (Å²) in [6.45, 7) is 6.14. The number of fused-ring (bicyclic) bond motifs is 1. The lowest BCUT2D eigenvalue weighted by atomic mass is 9.83. The lowest BCUT2D eigenvalue weighted by molar-refractivity contribution is -0.178. The fraction of sp³-hybridized carbons (Fsp3) is 0.500. The van der Waals surface area contributed by atoms with Crippen LogP contribution in [0.4, 0.5) is 0 Å². The second-order valence-corrected chi connectivity index (χ2v) is 5.37. The van der Waals surface area contributed by atoms with Gasteiger partial charge in [0.05, 0.1) is 0 Å². The number of hydrogen-bond acceptors (Lipinski definition) is 5. The summed E-state index contributed by atoms with van der Waals surface area (Å²) in [4.78, 5) is 11.3.